The number of likely N-dealkylation sites (N-methyl/N-ethyl adjacent to an activating group) is 2. The van der Waals surface area contributed by atoms with Crippen molar-refractivity contribution in [2.24, 2.45) is 0 Å². The molecule has 0 fully saturated rings. The standard InChI is InChI=1S/C17H26N2O4/c1-13-9-14(2)11-15(10-13)23-8-7-19(4)16(20)12-18(3)6-5-17(21)22/h9-11H,5-8,12H2,1-4H3,(H,21,22). The van der Waals surface area contributed by atoms with Crippen molar-refractivity contribution < 1.29 is 19.4 Å². The van der Waals surface area contributed by atoms with E-state index in [1.165, 1.54) is 0 Å². The Hall–Kier alpha value is -2.08. The van der Waals surface area contributed by atoms with Crippen LogP contribution < -0.4 is 4.74 Å². The van der Waals surface area contributed by atoms with Crippen molar-refractivity contribution in [2.75, 3.05) is 40.3 Å². The zero-order valence-electron chi connectivity index (χ0n) is 14.3. The van der Waals surface area contributed by atoms with E-state index in [0.29, 0.717) is 19.7 Å². The number of amides is 1. The molecule has 23 heavy (non-hydrogen) atoms. The molecular formula is C17H26N2O4. The molecule has 0 heterocycles. The van der Waals surface area contributed by atoms with Crippen molar-refractivity contribution in [3.05, 3.63) is 29.3 Å². The van der Waals surface area contributed by atoms with Crippen molar-refractivity contribution in [3.8, 4) is 5.75 Å². The summed E-state index contributed by atoms with van der Waals surface area (Å²) >= 11 is 0. The zero-order valence-corrected chi connectivity index (χ0v) is 14.3. The first-order valence-electron chi connectivity index (χ1n) is 7.63. The van der Waals surface area contributed by atoms with E-state index in [4.69, 9.17) is 9.84 Å². The van der Waals surface area contributed by atoms with Crippen molar-refractivity contribution in [3.63, 3.8) is 0 Å². The molecule has 0 aliphatic heterocycles. The fourth-order valence-electron chi connectivity index (χ4n) is 2.16. The van der Waals surface area contributed by atoms with Gasteiger partial charge in [0.05, 0.1) is 19.5 Å². The van der Waals surface area contributed by atoms with Gasteiger partial charge in [0, 0.05) is 13.6 Å². The van der Waals surface area contributed by atoms with E-state index < -0.39 is 5.97 Å². The number of hydrogen-bond acceptors (Lipinski definition) is 4. The van der Waals surface area contributed by atoms with Gasteiger partial charge in [-0.3, -0.25) is 14.5 Å². The minimum Gasteiger partial charge on any atom is -0.492 e. The summed E-state index contributed by atoms with van der Waals surface area (Å²) < 4.78 is 5.69. The molecule has 0 saturated carbocycles. The second-order valence-electron chi connectivity index (χ2n) is 5.87. The van der Waals surface area contributed by atoms with Gasteiger partial charge in [0.15, 0.2) is 0 Å². The molecule has 0 aliphatic carbocycles. The normalized spacial score (nSPS) is 10.7. The third-order valence-electron chi connectivity index (χ3n) is 3.43. The van der Waals surface area contributed by atoms with Gasteiger partial charge in [-0.1, -0.05) is 6.07 Å². The van der Waals surface area contributed by atoms with Gasteiger partial charge in [0.25, 0.3) is 0 Å². The molecule has 0 spiro atoms. The highest BCUT2D eigenvalue weighted by molar-refractivity contribution is 5.78. The van der Waals surface area contributed by atoms with Gasteiger partial charge in [-0.15, -0.1) is 0 Å². The molecule has 0 saturated heterocycles. The van der Waals surface area contributed by atoms with Crippen LogP contribution in [0.25, 0.3) is 0 Å². The molecule has 6 heteroatoms. The van der Waals surface area contributed by atoms with Crippen molar-refractivity contribution in [2.45, 2.75) is 20.3 Å². The number of carbonyl (C=O) groups is 2. The molecule has 1 amide bonds. The summed E-state index contributed by atoms with van der Waals surface area (Å²) in [4.78, 5) is 25.8. The molecule has 6 nitrogen and oxygen atoms in total. The number of hydrogen-bond donors (Lipinski definition) is 1. The van der Waals surface area contributed by atoms with Crippen LogP contribution in [-0.4, -0.2) is 67.1 Å². The monoisotopic (exact) mass is 322 g/mol. The van der Waals surface area contributed by atoms with Crippen molar-refractivity contribution in [1.82, 2.24) is 9.80 Å². The van der Waals surface area contributed by atoms with Crippen LogP contribution in [0.2, 0.25) is 0 Å². The predicted molar refractivity (Wildman–Crippen MR) is 88.8 cm³/mol. The predicted octanol–water partition coefficient (Wildman–Crippen LogP) is 1.55. The summed E-state index contributed by atoms with van der Waals surface area (Å²) in [5.74, 6) is -0.108. The van der Waals surface area contributed by atoms with E-state index in [2.05, 4.69) is 6.07 Å². The molecule has 0 radical (unpaired) electrons. The Morgan fingerprint density at radius 2 is 1.70 bits per heavy atom. The second kappa shape index (κ2) is 9.15. The maximum Gasteiger partial charge on any atom is 0.304 e. The fourth-order valence-corrected chi connectivity index (χ4v) is 2.16. The molecule has 1 N–H and O–H groups in total. The summed E-state index contributed by atoms with van der Waals surface area (Å²) in [5.41, 5.74) is 2.29. The summed E-state index contributed by atoms with van der Waals surface area (Å²) in [5, 5.41) is 8.63. The molecular weight excluding hydrogens is 296 g/mol. The van der Waals surface area contributed by atoms with Crippen LogP contribution in [0.5, 0.6) is 5.75 Å². The first-order valence-corrected chi connectivity index (χ1v) is 7.63. The van der Waals surface area contributed by atoms with Crippen LogP contribution >= 0.6 is 0 Å². The number of carboxylic acid groups (broad SMARTS) is 1. The summed E-state index contributed by atoms with van der Waals surface area (Å²) in [7, 11) is 3.46. The van der Waals surface area contributed by atoms with Crippen LogP contribution in [0.4, 0.5) is 0 Å². The number of nitrogens with zero attached hydrogens (tertiary/aromatic N) is 2. The minimum absolute atomic E-state index is 0.0311. The topological polar surface area (TPSA) is 70.1 Å². The zero-order chi connectivity index (χ0) is 17.4. The van der Waals surface area contributed by atoms with Crippen LogP contribution in [0, 0.1) is 13.8 Å². The van der Waals surface area contributed by atoms with Gasteiger partial charge >= 0.3 is 5.97 Å². The Morgan fingerprint density at radius 1 is 1.09 bits per heavy atom. The highest BCUT2D eigenvalue weighted by Gasteiger charge is 2.12. The third-order valence-corrected chi connectivity index (χ3v) is 3.43. The smallest absolute Gasteiger partial charge is 0.304 e. The van der Waals surface area contributed by atoms with Gasteiger partial charge < -0.3 is 14.7 Å². The summed E-state index contributed by atoms with van der Waals surface area (Å²) in [6, 6.07) is 6.01. The number of aryl methyl sites for hydroxylation is 2. The summed E-state index contributed by atoms with van der Waals surface area (Å²) in [6.45, 7) is 5.49. The van der Waals surface area contributed by atoms with Gasteiger partial charge in [-0.25, -0.2) is 0 Å². The third kappa shape index (κ3) is 7.65. The van der Waals surface area contributed by atoms with E-state index in [0.717, 1.165) is 16.9 Å². The van der Waals surface area contributed by atoms with Crippen molar-refractivity contribution >= 4 is 11.9 Å². The lowest BCUT2D eigenvalue weighted by atomic mass is 10.1. The van der Waals surface area contributed by atoms with Gasteiger partial charge in [0.2, 0.25) is 5.91 Å². The molecule has 1 rings (SSSR count). The number of aliphatic carboxylic acids is 1. The Morgan fingerprint density at radius 3 is 2.26 bits per heavy atom. The van der Waals surface area contributed by atoms with Gasteiger partial charge in [-0.05, 0) is 44.2 Å². The van der Waals surface area contributed by atoms with E-state index in [-0.39, 0.29) is 18.9 Å². The Bertz CT molecular complexity index is 525. The molecule has 1 aromatic rings. The van der Waals surface area contributed by atoms with E-state index in [9.17, 15) is 9.59 Å². The number of ether oxygens (including phenoxy) is 1. The maximum atomic E-state index is 12.0. The fraction of sp³-hybridized carbons (Fsp3) is 0.529. The van der Waals surface area contributed by atoms with E-state index in [1.54, 1.807) is 23.9 Å². The average Bonchev–Trinajstić information content (AvgIpc) is 2.43. The highest BCUT2D eigenvalue weighted by atomic mass is 16.5. The van der Waals surface area contributed by atoms with Crippen LogP contribution in [0.15, 0.2) is 18.2 Å². The number of rotatable bonds is 9. The van der Waals surface area contributed by atoms with E-state index in [1.807, 2.05) is 26.0 Å². The Kier molecular flexibility index (Phi) is 7.54. The van der Waals surface area contributed by atoms with Crippen LogP contribution in [0.3, 0.4) is 0 Å². The van der Waals surface area contributed by atoms with Crippen LogP contribution in [-0.2, 0) is 9.59 Å². The van der Waals surface area contributed by atoms with E-state index >= 15 is 0 Å². The molecule has 0 bridgehead atoms. The molecule has 128 valence electrons. The van der Waals surface area contributed by atoms with Gasteiger partial charge in [-0.2, -0.15) is 0 Å². The number of carboxylic acids is 1. The molecule has 0 unspecified atom stereocenters. The quantitative estimate of drug-likeness (QED) is 0.747. The SMILES string of the molecule is Cc1cc(C)cc(OCCN(C)C(=O)CN(C)CCC(=O)O)c1. The molecule has 0 aliphatic rings. The first kappa shape index (κ1) is 19.0. The summed E-state index contributed by atoms with van der Waals surface area (Å²) in [6.07, 6.45) is 0.0311. The second-order valence-corrected chi connectivity index (χ2v) is 5.87. The Balaban J connectivity index is 2.33. The number of carbonyl (C=O) groups excluding carboxylic acids is 1. The van der Waals surface area contributed by atoms with Crippen LogP contribution in [0.1, 0.15) is 17.5 Å². The molecule has 1 aromatic carbocycles. The van der Waals surface area contributed by atoms with Gasteiger partial charge in [0.1, 0.15) is 12.4 Å². The molecule has 0 aromatic heterocycles. The molecule has 0 atom stereocenters. The first-order chi connectivity index (χ1) is 10.8. The largest absolute Gasteiger partial charge is 0.492 e. The lowest BCUT2D eigenvalue weighted by Crippen LogP contribution is -2.39. The lowest BCUT2D eigenvalue weighted by molar-refractivity contribution is -0.138. The minimum atomic E-state index is -0.862. The Labute approximate surface area is 137 Å². The maximum absolute atomic E-state index is 12.0. The average molecular weight is 322 g/mol. The number of benzene rings is 1. The van der Waals surface area contributed by atoms with Crippen molar-refractivity contribution in [1.29, 1.82) is 0 Å². The highest BCUT2D eigenvalue weighted by Crippen LogP contribution is 2.15. The lowest BCUT2D eigenvalue weighted by Gasteiger charge is -2.21.